The maximum Gasteiger partial charge on any atom is 0.416 e. The topological polar surface area (TPSA) is 80.6 Å². The molecule has 39 heavy (non-hydrogen) atoms. The van der Waals surface area contributed by atoms with Crippen LogP contribution in [0.1, 0.15) is 69.1 Å². The van der Waals surface area contributed by atoms with Crippen molar-refractivity contribution in [1.82, 2.24) is 0 Å². The van der Waals surface area contributed by atoms with Crippen LogP contribution in [0.25, 0.3) is 11.1 Å². The number of ether oxygens (including phenoxy) is 2. The summed E-state index contributed by atoms with van der Waals surface area (Å²) in [7, 11) is 0. The summed E-state index contributed by atoms with van der Waals surface area (Å²) < 4.78 is 51.7. The lowest BCUT2D eigenvalue weighted by Crippen LogP contribution is -2.13. The Morgan fingerprint density at radius 3 is 2.05 bits per heavy atom. The van der Waals surface area contributed by atoms with Crippen LogP contribution in [0.4, 0.5) is 18.9 Å². The van der Waals surface area contributed by atoms with Crippen LogP contribution in [0.15, 0.2) is 65.7 Å². The SMILES string of the molecule is CCCCCOc1ccc(C#N)cc1-c1cc(C(N)=Nc2cccc(C(F)(F)F)c2)ccc1OCCCCC. The minimum atomic E-state index is -4.48. The zero-order chi connectivity index (χ0) is 28.3. The van der Waals surface area contributed by atoms with Crippen molar-refractivity contribution in [1.29, 1.82) is 5.26 Å². The second-order valence-electron chi connectivity index (χ2n) is 9.19. The molecule has 0 atom stereocenters. The second-order valence-corrected chi connectivity index (χ2v) is 9.19. The number of aliphatic imine (C=N–C) groups is 1. The number of nitrogens with two attached hydrogens (primary N) is 1. The first-order chi connectivity index (χ1) is 18.8. The molecule has 0 saturated carbocycles. The third-order valence-corrected chi connectivity index (χ3v) is 6.11. The lowest BCUT2D eigenvalue weighted by Gasteiger charge is -2.17. The molecule has 3 aromatic carbocycles. The summed E-state index contributed by atoms with van der Waals surface area (Å²) in [5.41, 5.74) is 7.86. The molecule has 0 heterocycles. The number of nitriles is 1. The Labute approximate surface area is 228 Å². The summed E-state index contributed by atoms with van der Waals surface area (Å²) in [4.78, 5) is 4.25. The van der Waals surface area contributed by atoms with E-state index in [4.69, 9.17) is 15.2 Å². The second kappa shape index (κ2) is 14.2. The Kier molecular flexibility index (Phi) is 10.8. The van der Waals surface area contributed by atoms with Gasteiger partial charge in [0, 0.05) is 16.7 Å². The summed E-state index contributed by atoms with van der Waals surface area (Å²) in [5, 5.41) is 9.56. The van der Waals surface area contributed by atoms with E-state index in [9.17, 15) is 18.4 Å². The highest BCUT2D eigenvalue weighted by molar-refractivity contribution is 6.00. The lowest BCUT2D eigenvalue weighted by atomic mass is 9.98. The molecule has 0 spiro atoms. The zero-order valence-electron chi connectivity index (χ0n) is 22.4. The van der Waals surface area contributed by atoms with E-state index >= 15 is 0 Å². The minimum absolute atomic E-state index is 0.0509. The molecular formula is C31H34F3N3O2. The van der Waals surface area contributed by atoms with Crippen LogP contribution in [-0.2, 0) is 6.18 Å². The number of hydrogen-bond donors (Lipinski definition) is 1. The molecular weight excluding hydrogens is 503 g/mol. The van der Waals surface area contributed by atoms with Crippen LogP contribution < -0.4 is 15.2 Å². The molecule has 0 bridgehead atoms. The van der Waals surface area contributed by atoms with E-state index in [1.807, 2.05) is 0 Å². The highest BCUT2D eigenvalue weighted by Crippen LogP contribution is 2.38. The predicted octanol–water partition coefficient (Wildman–Crippen LogP) is 8.42. The van der Waals surface area contributed by atoms with Crippen LogP contribution in [-0.4, -0.2) is 19.0 Å². The molecule has 0 amide bonds. The highest BCUT2D eigenvalue weighted by atomic mass is 19.4. The van der Waals surface area contributed by atoms with Gasteiger partial charge < -0.3 is 15.2 Å². The molecule has 0 unspecified atom stereocenters. The summed E-state index contributed by atoms with van der Waals surface area (Å²) in [6.45, 7) is 5.27. The average molecular weight is 538 g/mol. The van der Waals surface area contributed by atoms with Gasteiger partial charge in [-0.25, -0.2) is 4.99 Å². The quantitative estimate of drug-likeness (QED) is 0.135. The van der Waals surface area contributed by atoms with Crippen molar-refractivity contribution in [2.45, 2.75) is 58.5 Å². The van der Waals surface area contributed by atoms with Gasteiger partial charge in [0.1, 0.15) is 17.3 Å². The number of halogens is 3. The van der Waals surface area contributed by atoms with E-state index in [0.29, 0.717) is 47.0 Å². The van der Waals surface area contributed by atoms with Crippen molar-refractivity contribution in [3.05, 3.63) is 77.4 Å². The molecule has 206 valence electrons. The van der Waals surface area contributed by atoms with Gasteiger partial charge >= 0.3 is 6.18 Å². The molecule has 3 aromatic rings. The molecule has 3 rings (SSSR count). The maximum absolute atomic E-state index is 13.2. The van der Waals surface area contributed by atoms with Crippen LogP contribution in [0.5, 0.6) is 11.5 Å². The van der Waals surface area contributed by atoms with Gasteiger partial charge in [-0.05, 0) is 67.4 Å². The van der Waals surface area contributed by atoms with E-state index in [0.717, 1.165) is 50.7 Å². The van der Waals surface area contributed by atoms with Crippen molar-refractivity contribution < 1.29 is 22.6 Å². The molecule has 0 fully saturated rings. The first-order valence-corrected chi connectivity index (χ1v) is 13.2. The molecule has 0 aliphatic rings. The van der Waals surface area contributed by atoms with E-state index in [2.05, 4.69) is 24.9 Å². The van der Waals surface area contributed by atoms with E-state index in [1.165, 1.54) is 12.1 Å². The van der Waals surface area contributed by atoms with Gasteiger partial charge in [-0.2, -0.15) is 18.4 Å². The zero-order valence-corrected chi connectivity index (χ0v) is 22.4. The third kappa shape index (κ3) is 8.51. The van der Waals surface area contributed by atoms with Crippen LogP contribution >= 0.6 is 0 Å². The predicted molar refractivity (Wildman–Crippen MR) is 148 cm³/mol. The summed E-state index contributed by atoms with van der Waals surface area (Å²) >= 11 is 0. The van der Waals surface area contributed by atoms with Crippen molar-refractivity contribution in [2.24, 2.45) is 10.7 Å². The first kappa shape index (κ1) is 29.6. The Morgan fingerprint density at radius 1 is 0.846 bits per heavy atom. The van der Waals surface area contributed by atoms with Gasteiger partial charge in [-0.3, -0.25) is 0 Å². The molecule has 8 heteroatoms. The normalized spacial score (nSPS) is 11.7. The molecule has 0 aliphatic carbocycles. The minimum Gasteiger partial charge on any atom is -0.493 e. The standard InChI is InChI=1S/C31H34F3N3O2/c1-3-5-7-16-38-28-14-12-22(21-35)18-26(28)27-19-23(13-15-29(27)39-17-8-6-4-2)30(36)37-25-11-9-10-24(20-25)31(32,33)34/h9-15,18-20H,3-8,16-17H2,1-2H3,(H2,36,37). The van der Waals surface area contributed by atoms with Crippen molar-refractivity contribution in [3.63, 3.8) is 0 Å². The fourth-order valence-corrected chi connectivity index (χ4v) is 3.99. The Morgan fingerprint density at radius 2 is 1.46 bits per heavy atom. The molecule has 2 N–H and O–H groups in total. The molecule has 5 nitrogen and oxygen atoms in total. The first-order valence-electron chi connectivity index (χ1n) is 13.2. The number of benzene rings is 3. The van der Waals surface area contributed by atoms with Crippen molar-refractivity contribution in [2.75, 3.05) is 13.2 Å². The number of alkyl halides is 3. The van der Waals surface area contributed by atoms with Gasteiger partial charge in [0.05, 0.1) is 36.1 Å². The van der Waals surface area contributed by atoms with Crippen molar-refractivity contribution >= 4 is 11.5 Å². The fraction of sp³-hybridized carbons (Fsp3) is 0.355. The molecule has 0 saturated heterocycles. The van der Waals surface area contributed by atoms with Crippen LogP contribution in [0.3, 0.4) is 0 Å². The van der Waals surface area contributed by atoms with Gasteiger partial charge in [0.2, 0.25) is 0 Å². The average Bonchev–Trinajstić information content (AvgIpc) is 2.93. The molecule has 0 aliphatic heterocycles. The van der Waals surface area contributed by atoms with Gasteiger partial charge in [-0.1, -0.05) is 45.6 Å². The molecule has 0 radical (unpaired) electrons. The van der Waals surface area contributed by atoms with Gasteiger partial charge in [0.15, 0.2) is 0 Å². The monoisotopic (exact) mass is 537 g/mol. The van der Waals surface area contributed by atoms with E-state index in [-0.39, 0.29) is 11.5 Å². The third-order valence-electron chi connectivity index (χ3n) is 6.11. The summed E-state index contributed by atoms with van der Waals surface area (Å²) in [6.07, 6.45) is 1.48. The number of unbranched alkanes of at least 4 members (excludes halogenated alkanes) is 4. The molecule has 0 aromatic heterocycles. The Balaban J connectivity index is 2.05. The maximum atomic E-state index is 13.2. The summed E-state index contributed by atoms with van der Waals surface area (Å²) in [6, 6.07) is 17.4. The van der Waals surface area contributed by atoms with Gasteiger partial charge in [-0.15, -0.1) is 0 Å². The van der Waals surface area contributed by atoms with Crippen LogP contribution in [0.2, 0.25) is 0 Å². The fourth-order valence-electron chi connectivity index (χ4n) is 3.99. The number of rotatable bonds is 13. The lowest BCUT2D eigenvalue weighted by molar-refractivity contribution is -0.137. The summed E-state index contributed by atoms with van der Waals surface area (Å²) in [5.74, 6) is 1.25. The Bertz CT molecular complexity index is 1310. The van der Waals surface area contributed by atoms with Gasteiger partial charge in [0.25, 0.3) is 0 Å². The van der Waals surface area contributed by atoms with E-state index in [1.54, 1.807) is 36.4 Å². The highest BCUT2D eigenvalue weighted by Gasteiger charge is 2.30. The van der Waals surface area contributed by atoms with Crippen molar-refractivity contribution in [3.8, 4) is 28.7 Å². The van der Waals surface area contributed by atoms with Crippen LogP contribution in [0, 0.1) is 11.3 Å². The number of amidine groups is 1. The largest absolute Gasteiger partial charge is 0.493 e. The smallest absolute Gasteiger partial charge is 0.416 e. The number of nitrogens with zero attached hydrogens (tertiary/aromatic N) is 2. The Hall–Kier alpha value is -3.99. The number of hydrogen-bond acceptors (Lipinski definition) is 4. The van der Waals surface area contributed by atoms with E-state index < -0.39 is 11.7 Å².